The zero-order valence-electron chi connectivity index (χ0n) is 17.9. The third-order valence-corrected chi connectivity index (χ3v) is 6.87. The summed E-state index contributed by atoms with van der Waals surface area (Å²) in [6.45, 7) is 2.07. The normalized spacial score (nSPS) is 15.0. The summed E-state index contributed by atoms with van der Waals surface area (Å²) in [7, 11) is -3.21. The van der Waals surface area contributed by atoms with Crippen LogP contribution in [0.4, 0.5) is 0 Å². The number of pyridine rings is 1. The van der Waals surface area contributed by atoms with Gasteiger partial charge >= 0.3 is 0 Å². The molecule has 0 radical (unpaired) electrons. The van der Waals surface area contributed by atoms with Gasteiger partial charge in [0.05, 0.1) is 29.7 Å². The fraction of sp³-hybridized carbons (Fsp3) is 0.333. The highest BCUT2D eigenvalue weighted by atomic mass is 32.2. The molecule has 8 heteroatoms. The van der Waals surface area contributed by atoms with Gasteiger partial charge in [0.2, 0.25) is 0 Å². The third kappa shape index (κ3) is 5.37. The number of piperidine rings is 1. The summed E-state index contributed by atoms with van der Waals surface area (Å²) in [6, 6.07) is 13.8. The molecule has 1 aromatic carbocycles. The van der Waals surface area contributed by atoms with Crippen molar-refractivity contribution in [1.29, 1.82) is 0 Å². The molecule has 0 unspecified atom stereocenters. The van der Waals surface area contributed by atoms with Crippen LogP contribution in [0, 0.1) is 5.92 Å². The number of nitrogens with zero attached hydrogens (tertiary/aromatic N) is 2. The Balaban J connectivity index is 1.23. The molecule has 3 aromatic rings. The Morgan fingerprint density at radius 1 is 1.12 bits per heavy atom. The van der Waals surface area contributed by atoms with E-state index < -0.39 is 9.84 Å². The van der Waals surface area contributed by atoms with Crippen molar-refractivity contribution < 1.29 is 22.4 Å². The highest BCUT2D eigenvalue weighted by Crippen LogP contribution is 2.24. The lowest BCUT2D eigenvalue weighted by Gasteiger charge is -2.31. The molecule has 1 fully saturated rings. The molecule has 3 heterocycles. The highest BCUT2D eigenvalue weighted by Gasteiger charge is 2.24. The van der Waals surface area contributed by atoms with E-state index in [4.69, 9.17) is 9.15 Å². The number of aromatic nitrogens is 1. The first kappa shape index (κ1) is 22.1. The highest BCUT2D eigenvalue weighted by molar-refractivity contribution is 7.90. The van der Waals surface area contributed by atoms with Crippen LogP contribution in [0.2, 0.25) is 0 Å². The molecule has 1 aliphatic heterocycles. The topological polar surface area (TPSA) is 89.7 Å². The largest absolute Gasteiger partial charge is 0.492 e. The lowest BCUT2D eigenvalue weighted by molar-refractivity contribution is 0.0648. The third-order valence-electron chi connectivity index (χ3n) is 5.74. The van der Waals surface area contributed by atoms with Crippen LogP contribution in [0.3, 0.4) is 0 Å². The number of furan rings is 1. The van der Waals surface area contributed by atoms with Crippen LogP contribution in [0.5, 0.6) is 5.75 Å². The number of hydrogen-bond acceptors (Lipinski definition) is 6. The zero-order chi connectivity index (χ0) is 22.6. The Kier molecular flexibility index (Phi) is 6.60. The van der Waals surface area contributed by atoms with E-state index in [0.29, 0.717) is 24.0 Å². The van der Waals surface area contributed by atoms with Crippen LogP contribution in [-0.2, 0) is 9.84 Å². The molecule has 0 atom stereocenters. The number of hydrogen-bond donors (Lipinski definition) is 0. The Morgan fingerprint density at radius 3 is 2.47 bits per heavy atom. The van der Waals surface area contributed by atoms with Crippen molar-refractivity contribution in [3.05, 3.63) is 66.8 Å². The lowest BCUT2D eigenvalue weighted by Crippen LogP contribution is -2.38. The maximum absolute atomic E-state index is 12.3. The number of benzene rings is 1. The van der Waals surface area contributed by atoms with Crippen LogP contribution in [0.1, 0.15) is 29.8 Å². The summed E-state index contributed by atoms with van der Waals surface area (Å²) in [6.07, 6.45) is 7.23. The number of carbonyl (C=O) groups is 1. The van der Waals surface area contributed by atoms with Gasteiger partial charge in [0.25, 0.3) is 5.91 Å². The van der Waals surface area contributed by atoms with Crippen LogP contribution in [0.15, 0.2) is 70.3 Å². The Morgan fingerprint density at radius 2 is 1.88 bits per heavy atom. The first-order valence-electron chi connectivity index (χ1n) is 10.6. The molecule has 0 N–H and O–H groups in total. The quantitative estimate of drug-likeness (QED) is 0.535. The molecule has 32 heavy (non-hydrogen) atoms. The van der Waals surface area contributed by atoms with Crippen LogP contribution in [-0.4, -0.2) is 50.2 Å². The molecular weight excluding hydrogens is 428 g/mol. The molecule has 7 nitrogen and oxygen atoms in total. The Labute approximate surface area is 187 Å². The van der Waals surface area contributed by atoms with Crippen molar-refractivity contribution in [2.45, 2.75) is 24.2 Å². The van der Waals surface area contributed by atoms with Gasteiger partial charge in [-0.2, -0.15) is 0 Å². The molecule has 0 aliphatic carbocycles. The summed E-state index contributed by atoms with van der Waals surface area (Å²) in [5.41, 5.74) is 1.60. The maximum Gasteiger partial charge on any atom is 0.289 e. The van der Waals surface area contributed by atoms with E-state index in [1.807, 2.05) is 17.0 Å². The predicted octanol–water partition coefficient (Wildman–Crippen LogP) is 4.07. The molecule has 0 spiro atoms. The van der Waals surface area contributed by atoms with Gasteiger partial charge < -0.3 is 14.1 Å². The van der Waals surface area contributed by atoms with Crippen molar-refractivity contribution in [2.75, 3.05) is 26.0 Å². The fourth-order valence-corrected chi connectivity index (χ4v) is 4.46. The monoisotopic (exact) mass is 454 g/mol. The fourth-order valence-electron chi connectivity index (χ4n) is 3.83. The van der Waals surface area contributed by atoms with Gasteiger partial charge in [0.15, 0.2) is 15.6 Å². The van der Waals surface area contributed by atoms with Gasteiger partial charge in [-0.15, -0.1) is 0 Å². The van der Waals surface area contributed by atoms with Gasteiger partial charge in [-0.1, -0.05) is 12.1 Å². The van der Waals surface area contributed by atoms with E-state index in [2.05, 4.69) is 4.98 Å². The van der Waals surface area contributed by atoms with E-state index >= 15 is 0 Å². The molecule has 168 valence electrons. The molecule has 1 saturated heterocycles. The van der Waals surface area contributed by atoms with E-state index in [1.165, 1.54) is 12.5 Å². The SMILES string of the molecule is CS(=O)(=O)c1ccc(-c2ccc(OCCC3CCN(C(=O)c4ccco4)CC3)cn2)cc1. The molecule has 0 bridgehead atoms. The van der Waals surface area contributed by atoms with Crippen molar-refractivity contribution >= 4 is 15.7 Å². The van der Waals surface area contributed by atoms with Crippen molar-refractivity contribution in [3.8, 4) is 17.0 Å². The summed E-state index contributed by atoms with van der Waals surface area (Å²) >= 11 is 0. The van der Waals surface area contributed by atoms with Gasteiger partial charge in [-0.05, 0) is 61.6 Å². The van der Waals surface area contributed by atoms with Crippen molar-refractivity contribution in [1.82, 2.24) is 9.88 Å². The van der Waals surface area contributed by atoms with Crippen LogP contribution in [0.25, 0.3) is 11.3 Å². The summed E-state index contributed by atoms with van der Waals surface area (Å²) in [5, 5.41) is 0. The number of rotatable bonds is 7. The van der Waals surface area contributed by atoms with Gasteiger partial charge in [0, 0.05) is 24.9 Å². The zero-order valence-corrected chi connectivity index (χ0v) is 18.8. The number of likely N-dealkylation sites (tertiary alicyclic amines) is 1. The first-order valence-corrected chi connectivity index (χ1v) is 12.5. The lowest BCUT2D eigenvalue weighted by atomic mass is 9.94. The number of ether oxygens (including phenoxy) is 1. The smallest absolute Gasteiger partial charge is 0.289 e. The molecule has 2 aromatic heterocycles. The number of amides is 1. The van der Waals surface area contributed by atoms with E-state index in [1.54, 1.807) is 42.6 Å². The number of carbonyl (C=O) groups excluding carboxylic acids is 1. The molecule has 1 aliphatic rings. The molecule has 1 amide bonds. The minimum Gasteiger partial charge on any atom is -0.492 e. The maximum atomic E-state index is 12.3. The molecular formula is C24H26N2O5S. The average Bonchev–Trinajstić information content (AvgIpc) is 3.34. The first-order chi connectivity index (χ1) is 15.4. The van der Waals surface area contributed by atoms with E-state index in [9.17, 15) is 13.2 Å². The second-order valence-corrected chi connectivity index (χ2v) is 10.0. The van der Waals surface area contributed by atoms with E-state index in [0.717, 1.165) is 43.6 Å². The Hall–Kier alpha value is -3.13. The van der Waals surface area contributed by atoms with Crippen LogP contribution >= 0.6 is 0 Å². The minimum atomic E-state index is -3.21. The van der Waals surface area contributed by atoms with Crippen LogP contribution < -0.4 is 4.74 Å². The second-order valence-electron chi connectivity index (χ2n) is 8.03. The van der Waals surface area contributed by atoms with Gasteiger partial charge in [-0.3, -0.25) is 9.78 Å². The van der Waals surface area contributed by atoms with Crippen molar-refractivity contribution in [2.24, 2.45) is 5.92 Å². The average molecular weight is 455 g/mol. The number of sulfone groups is 1. The summed E-state index contributed by atoms with van der Waals surface area (Å²) < 4.78 is 34.2. The predicted molar refractivity (Wildman–Crippen MR) is 120 cm³/mol. The van der Waals surface area contributed by atoms with Crippen molar-refractivity contribution in [3.63, 3.8) is 0 Å². The van der Waals surface area contributed by atoms with E-state index in [-0.39, 0.29) is 10.8 Å². The van der Waals surface area contributed by atoms with Gasteiger partial charge in [0.1, 0.15) is 5.75 Å². The summed E-state index contributed by atoms with van der Waals surface area (Å²) in [5.74, 6) is 1.58. The Bertz CT molecular complexity index is 1130. The van der Waals surface area contributed by atoms with Gasteiger partial charge in [-0.25, -0.2) is 8.42 Å². The molecule has 4 rings (SSSR count). The standard InChI is InChI=1S/C24H26N2O5S/c1-32(28,29)21-7-4-19(5-8-21)22-9-6-20(17-25-22)30-16-12-18-10-13-26(14-11-18)24(27)23-3-2-15-31-23/h2-9,15,17-18H,10-14,16H2,1H3. The second kappa shape index (κ2) is 9.56. The minimum absolute atomic E-state index is 0.0400. The summed E-state index contributed by atoms with van der Waals surface area (Å²) in [4.78, 5) is 18.9. The molecule has 0 saturated carbocycles.